The molecule has 1 aromatic carbocycles. The van der Waals surface area contributed by atoms with Crippen molar-refractivity contribution in [3.05, 3.63) is 18.2 Å². The normalized spacial score (nSPS) is 10.3. The van der Waals surface area contributed by atoms with Gasteiger partial charge in [0, 0.05) is 18.4 Å². The first-order valence-electron chi connectivity index (χ1n) is 5.05. The number of hydrogen-bond donors (Lipinski definition) is 1. The van der Waals surface area contributed by atoms with Gasteiger partial charge in [-0.25, -0.2) is 0 Å². The highest BCUT2D eigenvalue weighted by atomic mass is 35.5. The third kappa shape index (κ3) is 4.37. The van der Waals surface area contributed by atoms with Gasteiger partial charge in [-0.1, -0.05) is 0 Å². The molecule has 0 fully saturated rings. The van der Waals surface area contributed by atoms with E-state index in [0.717, 1.165) is 0 Å². The second-order valence-corrected chi connectivity index (χ2v) is 3.61. The number of carbonyl (C=O) groups is 1. The summed E-state index contributed by atoms with van der Waals surface area (Å²) in [6, 6.07) is 4.14. The molecular weight excluding hydrogens is 268 g/mol. The summed E-state index contributed by atoms with van der Waals surface area (Å²) in [5.41, 5.74) is 0.116. The maximum absolute atomic E-state index is 12.2. The lowest BCUT2D eigenvalue weighted by atomic mass is 10.2. The van der Waals surface area contributed by atoms with E-state index in [1.54, 1.807) is 0 Å². The number of hydrogen-bond acceptors (Lipinski definition) is 3. The Morgan fingerprint density at radius 1 is 1.50 bits per heavy atom. The summed E-state index contributed by atoms with van der Waals surface area (Å²) in [5, 5.41) is 2.43. The summed E-state index contributed by atoms with van der Waals surface area (Å²) in [6.45, 7) is -2.97. The summed E-state index contributed by atoms with van der Waals surface area (Å²) in [4.78, 5) is 11.4. The summed E-state index contributed by atoms with van der Waals surface area (Å²) in [7, 11) is 1.42. The predicted octanol–water partition coefficient (Wildman–Crippen LogP) is 2.86. The first-order valence-corrected chi connectivity index (χ1v) is 5.59. The number of nitrogens with one attached hydrogen (secondary N) is 1. The van der Waals surface area contributed by atoms with Crippen molar-refractivity contribution in [2.45, 2.75) is 13.0 Å². The number of benzene rings is 1. The summed E-state index contributed by atoms with van der Waals surface area (Å²) < 4.78 is 33.6. The van der Waals surface area contributed by atoms with E-state index in [1.165, 1.54) is 25.3 Å². The van der Waals surface area contributed by atoms with Gasteiger partial charge >= 0.3 is 6.61 Å². The molecule has 0 heterocycles. The molecule has 1 rings (SSSR count). The van der Waals surface area contributed by atoms with Gasteiger partial charge in [0.25, 0.3) is 0 Å². The highest BCUT2D eigenvalue weighted by molar-refractivity contribution is 6.19. The molecule has 0 spiro atoms. The number of anilines is 1. The van der Waals surface area contributed by atoms with Gasteiger partial charge in [0.05, 0.1) is 12.8 Å². The zero-order valence-corrected chi connectivity index (χ0v) is 10.3. The van der Waals surface area contributed by atoms with Crippen LogP contribution in [0.1, 0.15) is 6.42 Å². The van der Waals surface area contributed by atoms with Crippen LogP contribution in [0.4, 0.5) is 14.5 Å². The van der Waals surface area contributed by atoms with Crippen LogP contribution in [-0.2, 0) is 4.79 Å². The van der Waals surface area contributed by atoms with Crippen molar-refractivity contribution in [3.8, 4) is 11.5 Å². The largest absolute Gasteiger partial charge is 0.497 e. The maximum atomic E-state index is 12.2. The van der Waals surface area contributed by atoms with Crippen molar-refractivity contribution >= 4 is 23.2 Å². The summed E-state index contributed by atoms with van der Waals surface area (Å²) >= 11 is 5.41. The Morgan fingerprint density at radius 2 is 2.22 bits per heavy atom. The van der Waals surface area contributed by atoms with Crippen LogP contribution in [-0.4, -0.2) is 25.5 Å². The number of amides is 1. The van der Waals surface area contributed by atoms with E-state index in [9.17, 15) is 13.6 Å². The van der Waals surface area contributed by atoms with E-state index in [1.807, 2.05) is 0 Å². The minimum atomic E-state index is -2.97. The Bertz CT molecular complexity index is 415. The topological polar surface area (TPSA) is 47.6 Å². The molecule has 18 heavy (non-hydrogen) atoms. The lowest BCUT2D eigenvalue weighted by Gasteiger charge is -2.12. The van der Waals surface area contributed by atoms with Crippen LogP contribution in [0.25, 0.3) is 0 Å². The molecule has 100 valence electrons. The molecule has 1 amide bonds. The molecule has 0 bridgehead atoms. The molecule has 0 unspecified atom stereocenters. The molecular formula is C11H12ClF2NO3. The van der Waals surface area contributed by atoms with E-state index >= 15 is 0 Å². The van der Waals surface area contributed by atoms with Crippen LogP contribution >= 0.6 is 11.6 Å². The van der Waals surface area contributed by atoms with E-state index < -0.39 is 12.5 Å². The molecule has 0 atom stereocenters. The monoisotopic (exact) mass is 279 g/mol. The van der Waals surface area contributed by atoms with Crippen LogP contribution in [0.15, 0.2) is 18.2 Å². The number of methoxy groups -OCH3 is 1. The Kier molecular flexibility index (Phi) is 5.64. The maximum Gasteiger partial charge on any atom is 0.387 e. The molecule has 0 radical (unpaired) electrons. The van der Waals surface area contributed by atoms with Crippen LogP contribution in [0.5, 0.6) is 11.5 Å². The van der Waals surface area contributed by atoms with Gasteiger partial charge < -0.3 is 14.8 Å². The minimum absolute atomic E-state index is 0.0763. The van der Waals surface area contributed by atoms with E-state index in [2.05, 4.69) is 10.1 Å². The Morgan fingerprint density at radius 3 is 2.78 bits per heavy atom. The molecule has 4 nitrogen and oxygen atoms in total. The van der Waals surface area contributed by atoms with Crippen LogP contribution < -0.4 is 14.8 Å². The lowest BCUT2D eigenvalue weighted by molar-refractivity contribution is -0.115. The molecule has 1 aromatic rings. The Hall–Kier alpha value is -1.56. The SMILES string of the molecule is COc1ccc(OC(F)F)c(NC(=O)CCCl)c1. The summed E-state index contributed by atoms with van der Waals surface area (Å²) in [5.74, 6) is 0.0322. The van der Waals surface area contributed by atoms with Crippen molar-refractivity contribution in [1.29, 1.82) is 0 Å². The second kappa shape index (κ2) is 7.00. The third-order valence-electron chi connectivity index (χ3n) is 2.00. The quantitative estimate of drug-likeness (QED) is 0.815. The minimum Gasteiger partial charge on any atom is -0.497 e. The van der Waals surface area contributed by atoms with Crippen LogP contribution in [0, 0.1) is 0 Å². The molecule has 0 saturated heterocycles. The van der Waals surface area contributed by atoms with Crippen molar-refractivity contribution in [1.82, 2.24) is 0 Å². The first-order chi connectivity index (χ1) is 8.56. The van der Waals surface area contributed by atoms with Gasteiger partial charge in [0.1, 0.15) is 11.5 Å². The van der Waals surface area contributed by atoms with Gasteiger partial charge in [-0.05, 0) is 12.1 Å². The van der Waals surface area contributed by atoms with E-state index in [4.69, 9.17) is 16.3 Å². The number of ether oxygens (including phenoxy) is 2. The number of carbonyl (C=O) groups excluding carboxylic acids is 1. The molecule has 1 N–H and O–H groups in total. The first kappa shape index (κ1) is 14.5. The molecule has 0 aromatic heterocycles. The average Bonchev–Trinajstić information content (AvgIpc) is 2.31. The van der Waals surface area contributed by atoms with Gasteiger partial charge in [-0.3, -0.25) is 4.79 Å². The Labute approximate surface area is 108 Å². The van der Waals surface area contributed by atoms with E-state index in [0.29, 0.717) is 5.75 Å². The molecule has 0 saturated carbocycles. The van der Waals surface area contributed by atoms with Crippen molar-refractivity contribution in [3.63, 3.8) is 0 Å². The van der Waals surface area contributed by atoms with Gasteiger partial charge in [0.15, 0.2) is 0 Å². The molecule has 7 heteroatoms. The zero-order valence-electron chi connectivity index (χ0n) is 9.58. The number of rotatable bonds is 6. The molecule has 0 aliphatic carbocycles. The third-order valence-corrected chi connectivity index (χ3v) is 2.19. The standard InChI is InChI=1S/C11H12ClF2NO3/c1-17-7-2-3-9(18-11(13)14)8(6-7)15-10(16)4-5-12/h2-3,6,11H,4-5H2,1H3,(H,15,16). The zero-order chi connectivity index (χ0) is 13.5. The van der Waals surface area contributed by atoms with Gasteiger partial charge in [-0.2, -0.15) is 8.78 Å². The van der Waals surface area contributed by atoms with Gasteiger partial charge in [0.2, 0.25) is 5.91 Å². The van der Waals surface area contributed by atoms with Gasteiger partial charge in [-0.15, -0.1) is 11.6 Å². The number of alkyl halides is 3. The lowest BCUT2D eigenvalue weighted by Crippen LogP contribution is -2.14. The number of halogens is 3. The fourth-order valence-corrected chi connectivity index (χ4v) is 1.40. The van der Waals surface area contributed by atoms with Crippen LogP contribution in [0.3, 0.4) is 0 Å². The fourth-order valence-electron chi connectivity index (χ4n) is 1.23. The highest BCUT2D eigenvalue weighted by Gasteiger charge is 2.13. The van der Waals surface area contributed by atoms with Crippen molar-refractivity contribution in [2.24, 2.45) is 0 Å². The molecule has 0 aliphatic rings. The highest BCUT2D eigenvalue weighted by Crippen LogP contribution is 2.30. The Balaban J connectivity index is 2.92. The smallest absolute Gasteiger partial charge is 0.387 e. The molecule has 0 aliphatic heterocycles. The van der Waals surface area contributed by atoms with E-state index in [-0.39, 0.29) is 23.7 Å². The predicted molar refractivity (Wildman–Crippen MR) is 63.6 cm³/mol. The average molecular weight is 280 g/mol. The summed E-state index contributed by atoms with van der Waals surface area (Å²) in [6.07, 6.45) is 0.0763. The fraction of sp³-hybridized carbons (Fsp3) is 0.364. The van der Waals surface area contributed by atoms with Crippen LogP contribution in [0.2, 0.25) is 0 Å². The van der Waals surface area contributed by atoms with Crippen molar-refractivity contribution in [2.75, 3.05) is 18.3 Å². The van der Waals surface area contributed by atoms with Crippen molar-refractivity contribution < 1.29 is 23.0 Å². The second-order valence-electron chi connectivity index (χ2n) is 3.23.